The molecule has 3 atom stereocenters. The SMILES string of the molecule is C[C@H](NC(c1ccc(-c2cccnc2)cc1)C(C)(C)C#N)[C@@H](Cc1ccc(CI)cc1)c1cccc(C#N)c1. The van der Waals surface area contributed by atoms with Crippen molar-refractivity contribution < 1.29 is 0 Å². The summed E-state index contributed by atoms with van der Waals surface area (Å²) in [5.41, 5.74) is 6.91. The van der Waals surface area contributed by atoms with Crippen LogP contribution in [0.25, 0.3) is 11.1 Å². The Labute approximate surface area is 245 Å². The van der Waals surface area contributed by atoms with Crippen molar-refractivity contribution in [1.29, 1.82) is 10.5 Å². The van der Waals surface area contributed by atoms with E-state index in [1.54, 1.807) is 6.20 Å². The molecule has 0 spiro atoms. The Balaban J connectivity index is 1.67. The third kappa shape index (κ3) is 7.12. The lowest BCUT2D eigenvalue weighted by Crippen LogP contribution is -2.42. The average molecular weight is 625 g/mol. The Morgan fingerprint density at radius 1 is 0.872 bits per heavy atom. The van der Waals surface area contributed by atoms with Crippen molar-refractivity contribution in [3.05, 3.63) is 125 Å². The molecule has 1 aromatic heterocycles. The van der Waals surface area contributed by atoms with E-state index < -0.39 is 5.41 Å². The van der Waals surface area contributed by atoms with Crippen molar-refractivity contribution in [2.45, 2.75) is 49.6 Å². The highest BCUT2D eigenvalue weighted by Crippen LogP contribution is 2.36. The summed E-state index contributed by atoms with van der Waals surface area (Å²) < 4.78 is 0.980. The molecule has 0 fully saturated rings. The highest BCUT2D eigenvalue weighted by molar-refractivity contribution is 14.1. The molecule has 0 saturated carbocycles. The van der Waals surface area contributed by atoms with E-state index in [4.69, 9.17) is 0 Å². The Bertz CT molecular complexity index is 1450. The molecule has 0 radical (unpaired) electrons. The highest BCUT2D eigenvalue weighted by Gasteiger charge is 2.34. The first-order valence-electron chi connectivity index (χ1n) is 13.2. The van der Waals surface area contributed by atoms with Gasteiger partial charge in [0.2, 0.25) is 0 Å². The number of nitriles is 2. The smallest absolute Gasteiger partial charge is 0.0991 e. The highest BCUT2D eigenvalue weighted by atomic mass is 127. The summed E-state index contributed by atoms with van der Waals surface area (Å²) in [6, 6.07) is 33.8. The molecule has 0 saturated heterocycles. The average Bonchev–Trinajstić information content (AvgIpc) is 2.99. The van der Waals surface area contributed by atoms with Gasteiger partial charge in [0.05, 0.1) is 29.2 Å². The maximum atomic E-state index is 10.1. The summed E-state index contributed by atoms with van der Waals surface area (Å²) in [4.78, 5) is 4.24. The number of halogens is 1. The van der Waals surface area contributed by atoms with E-state index in [0.717, 1.165) is 33.1 Å². The summed E-state index contributed by atoms with van der Waals surface area (Å²) in [5.74, 6) is 0.107. The van der Waals surface area contributed by atoms with Gasteiger partial charge in [0.25, 0.3) is 0 Å². The van der Waals surface area contributed by atoms with E-state index in [-0.39, 0.29) is 18.0 Å². The van der Waals surface area contributed by atoms with E-state index in [0.29, 0.717) is 5.56 Å². The summed E-state index contributed by atoms with van der Waals surface area (Å²) in [6.07, 6.45) is 4.46. The maximum Gasteiger partial charge on any atom is 0.0991 e. The van der Waals surface area contributed by atoms with Crippen LogP contribution in [0.1, 0.15) is 60.5 Å². The molecule has 1 heterocycles. The molecule has 0 amide bonds. The minimum atomic E-state index is -0.648. The van der Waals surface area contributed by atoms with Crippen LogP contribution in [0.3, 0.4) is 0 Å². The van der Waals surface area contributed by atoms with Gasteiger partial charge in [0.15, 0.2) is 0 Å². The van der Waals surface area contributed by atoms with Crippen LogP contribution in [0.5, 0.6) is 0 Å². The van der Waals surface area contributed by atoms with Crippen LogP contribution in [0.4, 0.5) is 0 Å². The topological polar surface area (TPSA) is 72.5 Å². The molecule has 0 aliphatic carbocycles. The Morgan fingerprint density at radius 3 is 2.21 bits per heavy atom. The van der Waals surface area contributed by atoms with E-state index in [2.05, 4.69) is 107 Å². The van der Waals surface area contributed by atoms with Crippen LogP contribution in [-0.4, -0.2) is 11.0 Å². The van der Waals surface area contributed by atoms with Gasteiger partial charge in [-0.25, -0.2) is 0 Å². The lowest BCUT2D eigenvalue weighted by Gasteiger charge is -2.36. The summed E-state index contributed by atoms with van der Waals surface area (Å²) in [7, 11) is 0. The number of alkyl halides is 1. The van der Waals surface area contributed by atoms with Gasteiger partial charge in [0.1, 0.15) is 0 Å². The van der Waals surface area contributed by atoms with E-state index in [1.165, 1.54) is 11.1 Å². The van der Waals surface area contributed by atoms with Crippen molar-refractivity contribution in [1.82, 2.24) is 10.3 Å². The molecule has 5 heteroatoms. The second kappa shape index (κ2) is 13.0. The largest absolute Gasteiger partial charge is 0.305 e. The third-order valence-corrected chi connectivity index (χ3v) is 8.24. The van der Waals surface area contributed by atoms with Crippen LogP contribution < -0.4 is 5.32 Å². The van der Waals surface area contributed by atoms with Crippen molar-refractivity contribution in [2.24, 2.45) is 5.41 Å². The molecule has 4 rings (SSSR count). The number of benzene rings is 3. The standard InChI is InChI=1S/C34H33IN4/c1-24(32(30-7-4-6-27(18-30)21-36)19-25-9-11-26(20-35)12-10-25)39-33(34(2,3)23-37)29-15-13-28(14-16-29)31-8-5-17-38-22-31/h4-18,22,24,32-33,39H,19-20H2,1-3H3/t24-,32+,33?/m0/s1. The molecule has 0 aliphatic heterocycles. The quantitative estimate of drug-likeness (QED) is 0.143. The zero-order valence-electron chi connectivity index (χ0n) is 22.6. The van der Waals surface area contributed by atoms with Crippen molar-refractivity contribution in [2.75, 3.05) is 0 Å². The van der Waals surface area contributed by atoms with Gasteiger partial charge < -0.3 is 5.32 Å². The van der Waals surface area contributed by atoms with Crippen molar-refractivity contribution in [3.8, 4) is 23.3 Å². The van der Waals surface area contributed by atoms with Crippen LogP contribution in [0.2, 0.25) is 0 Å². The number of hydrogen-bond donors (Lipinski definition) is 1. The number of hydrogen-bond acceptors (Lipinski definition) is 4. The van der Waals surface area contributed by atoms with Gasteiger partial charge >= 0.3 is 0 Å². The minimum Gasteiger partial charge on any atom is -0.305 e. The van der Waals surface area contributed by atoms with Gasteiger partial charge in [-0.2, -0.15) is 10.5 Å². The van der Waals surface area contributed by atoms with E-state index in [1.807, 2.05) is 50.4 Å². The molecule has 196 valence electrons. The Kier molecular flexibility index (Phi) is 9.51. The van der Waals surface area contributed by atoms with Crippen LogP contribution in [-0.2, 0) is 10.8 Å². The second-order valence-electron chi connectivity index (χ2n) is 10.6. The fraction of sp³-hybridized carbons (Fsp3) is 0.265. The van der Waals surface area contributed by atoms with Crippen molar-refractivity contribution in [3.63, 3.8) is 0 Å². The molecule has 1 unspecified atom stereocenters. The molecule has 3 aromatic carbocycles. The van der Waals surface area contributed by atoms with Crippen molar-refractivity contribution >= 4 is 22.6 Å². The lowest BCUT2D eigenvalue weighted by atomic mass is 9.79. The molecule has 4 aromatic rings. The second-order valence-corrected chi connectivity index (χ2v) is 11.3. The zero-order chi connectivity index (χ0) is 27.8. The van der Waals surface area contributed by atoms with Gasteiger partial charge in [-0.1, -0.05) is 89.3 Å². The summed E-state index contributed by atoms with van der Waals surface area (Å²) >= 11 is 2.38. The van der Waals surface area contributed by atoms with Crippen LogP contribution in [0, 0.1) is 28.1 Å². The number of rotatable bonds is 10. The Morgan fingerprint density at radius 2 is 1.59 bits per heavy atom. The van der Waals surface area contributed by atoms with E-state index in [9.17, 15) is 10.5 Å². The maximum absolute atomic E-state index is 10.1. The van der Waals surface area contributed by atoms with Crippen LogP contribution >= 0.6 is 22.6 Å². The summed E-state index contributed by atoms with van der Waals surface area (Å²) in [5, 5.41) is 23.5. The van der Waals surface area contributed by atoms with Crippen LogP contribution in [0.15, 0.2) is 97.3 Å². The number of nitrogens with one attached hydrogen (secondary N) is 1. The van der Waals surface area contributed by atoms with Gasteiger partial charge in [0, 0.05) is 28.8 Å². The number of pyridine rings is 1. The summed E-state index contributed by atoms with van der Waals surface area (Å²) in [6.45, 7) is 6.16. The predicted octanol–water partition coefficient (Wildman–Crippen LogP) is 8.15. The zero-order valence-corrected chi connectivity index (χ0v) is 24.8. The third-order valence-electron chi connectivity index (χ3n) is 7.36. The van der Waals surface area contributed by atoms with E-state index >= 15 is 0 Å². The van der Waals surface area contributed by atoms with Gasteiger partial charge in [-0.3, -0.25) is 4.98 Å². The molecule has 0 bridgehead atoms. The lowest BCUT2D eigenvalue weighted by molar-refractivity contribution is 0.281. The fourth-order valence-corrected chi connectivity index (χ4v) is 5.52. The predicted molar refractivity (Wildman–Crippen MR) is 166 cm³/mol. The molecule has 39 heavy (non-hydrogen) atoms. The molecule has 1 N–H and O–H groups in total. The first kappa shape index (κ1) is 28.5. The normalized spacial score (nSPS) is 13.6. The number of aromatic nitrogens is 1. The molecular weight excluding hydrogens is 591 g/mol. The minimum absolute atomic E-state index is 0.0267. The fourth-order valence-electron chi connectivity index (χ4n) is 5.01. The monoisotopic (exact) mass is 624 g/mol. The number of nitrogens with zero attached hydrogens (tertiary/aromatic N) is 3. The Hall–Kier alpha value is -3.52. The first-order chi connectivity index (χ1) is 18.8. The van der Waals surface area contributed by atoms with Gasteiger partial charge in [-0.05, 0) is 78.8 Å². The molecule has 4 nitrogen and oxygen atoms in total. The molecular formula is C34H33IN4. The van der Waals surface area contributed by atoms with Gasteiger partial charge in [-0.15, -0.1) is 0 Å². The first-order valence-corrected chi connectivity index (χ1v) is 14.7. The molecule has 0 aliphatic rings.